The number of alkyl halides is 3. The van der Waals surface area contributed by atoms with Gasteiger partial charge in [-0.2, -0.15) is 0 Å². The van der Waals surface area contributed by atoms with Gasteiger partial charge in [-0.05, 0) is 29.8 Å². The van der Waals surface area contributed by atoms with Crippen LogP contribution in [0.1, 0.15) is 20.8 Å². The molecule has 0 saturated carbocycles. The van der Waals surface area contributed by atoms with Crippen molar-refractivity contribution in [1.82, 2.24) is 4.98 Å². The minimum absolute atomic E-state index is 0.0884. The number of carbonyl (C=O) groups is 1. The monoisotopic (exact) mass is 396 g/mol. The highest BCUT2D eigenvalue weighted by atomic mass is 32.1. The zero-order valence-corrected chi connectivity index (χ0v) is 14.4. The second-order valence-electron chi connectivity index (χ2n) is 5.43. The molecular formula is C18H12F4N2O2S. The molecule has 1 N–H and O–H groups in total. The summed E-state index contributed by atoms with van der Waals surface area (Å²) in [5, 5.41) is 2.82. The number of thiazole rings is 1. The fourth-order valence-electron chi connectivity index (χ4n) is 2.27. The van der Waals surface area contributed by atoms with Crippen molar-refractivity contribution in [1.29, 1.82) is 0 Å². The lowest BCUT2D eigenvalue weighted by Gasteiger charge is -2.08. The van der Waals surface area contributed by atoms with Crippen LogP contribution in [-0.2, 0) is 6.42 Å². The number of carbonyl (C=O) groups excluding carboxylic acids is 1. The number of anilines is 1. The highest BCUT2D eigenvalue weighted by Gasteiger charge is 2.30. The summed E-state index contributed by atoms with van der Waals surface area (Å²) < 4.78 is 53.9. The normalized spacial score (nSPS) is 11.3. The Bertz CT molecular complexity index is 939. The number of hydrogen-bond acceptors (Lipinski definition) is 4. The largest absolute Gasteiger partial charge is 0.573 e. The van der Waals surface area contributed by atoms with E-state index in [9.17, 15) is 22.4 Å². The highest BCUT2D eigenvalue weighted by Crippen LogP contribution is 2.25. The molecule has 0 fully saturated rings. The molecule has 1 heterocycles. The minimum Gasteiger partial charge on any atom is -0.406 e. The van der Waals surface area contributed by atoms with E-state index >= 15 is 0 Å². The quantitative estimate of drug-likeness (QED) is 0.616. The first-order valence-electron chi connectivity index (χ1n) is 7.65. The van der Waals surface area contributed by atoms with Crippen molar-refractivity contribution in [2.45, 2.75) is 12.8 Å². The van der Waals surface area contributed by atoms with Crippen LogP contribution in [0.3, 0.4) is 0 Å². The molecule has 3 rings (SSSR count). The third-order valence-corrected chi connectivity index (χ3v) is 4.34. The van der Waals surface area contributed by atoms with E-state index in [1.165, 1.54) is 53.8 Å². The summed E-state index contributed by atoms with van der Waals surface area (Å²) in [6.45, 7) is 0. The summed E-state index contributed by atoms with van der Waals surface area (Å²) in [4.78, 5) is 16.9. The molecule has 0 bridgehead atoms. The molecule has 4 nitrogen and oxygen atoms in total. The number of nitrogens with one attached hydrogen (secondary N) is 1. The van der Waals surface area contributed by atoms with Crippen LogP contribution < -0.4 is 10.1 Å². The fraction of sp³-hybridized carbons (Fsp3) is 0.111. The van der Waals surface area contributed by atoms with Crippen LogP contribution in [-0.4, -0.2) is 17.3 Å². The van der Waals surface area contributed by atoms with E-state index in [0.29, 0.717) is 11.6 Å². The first kappa shape index (κ1) is 18.8. The molecule has 1 amide bonds. The lowest BCUT2D eigenvalue weighted by Crippen LogP contribution is -2.17. The van der Waals surface area contributed by atoms with Crippen LogP contribution in [0.5, 0.6) is 5.75 Å². The molecule has 3 aromatic rings. The zero-order valence-electron chi connectivity index (χ0n) is 13.6. The Morgan fingerprint density at radius 2 is 1.81 bits per heavy atom. The van der Waals surface area contributed by atoms with Crippen molar-refractivity contribution in [2.75, 3.05) is 5.32 Å². The molecule has 0 unspecified atom stereocenters. The van der Waals surface area contributed by atoms with Crippen LogP contribution in [0.4, 0.5) is 22.7 Å². The molecule has 2 aromatic carbocycles. The van der Waals surface area contributed by atoms with E-state index < -0.39 is 18.1 Å². The topological polar surface area (TPSA) is 51.2 Å². The van der Waals surface area contributed by atoms with Crippen molar-refractivity contribution in [2.24, 2.45) is 0 Å². The number of halogens is 4. The number of amides is 1. The van der Waals surface area contributed by atoms with Crippen LogP contribution in [0, 0.1) is 5.82 Å². The van der Waals surface area contributed by atoms with Gasteiger partial charge in [0, 0.05) is 17.5 Å². The number of nitrogens with zero attached hydrogens (tertiary/aromatic N) is 1. The molecule has 27 heavy (non-hydrogen) atoms. The Balaban J connectivity index is 1.63. The Morgan fingerprint density at radius 3 is 2.48 bits per heavy atom. The van der Waals surface area contributed by atoms with Gasteiger partial charge in [0.2, 0.25) is 0 Å². The molecule has 0 aliphatic rings. The van der Waals surface area contributed by atoms with Gasteiger partial charge in [-0.1, -0.05) is 24.3 Å². The van der Waals surface area contributed by atoms with Crippen LogP contribution >= 0.6 is 11.3 Å². The Labute approximate surface area is 155 Å². The predicted molar refractivity (Wildman–Crippen MR) is 92.4 cm³/mol. The number of aromatic nitrogens is 1. The first-order chi connectivity index (χ1) is 12.8. The van der Waals surface area contributed by atoms with E-state index in [-0.39, 0.29) is 11.3 Å². The third kappa shape index (κ3) is 5.27. The highest BCUT2D eigenvalue weighted by molar-refractivity contribution is 7.15. The molecule has 1 aromatic heterocycles. The maximum atomic E-state index is 13.6. The first-order valence-corrected chi connectivity index (χ1v) is 8.47. The van der Waals surface area contributed by atoms with Crippen molar-refractivity contribution in [3.8, 4) is 5.75 Å². The Morgan fingerprint density at radius 1 is 1.11 bits per heavy atom. The summed E-state index contributed by atoms with van der Waals surface area (Å²) >= 11 is 1.19. The SMILES string of the molecule is O=C(Nc1ncc(Cc2ccc(OC(F)(F)F)cc2)s1)c1ccccc1F. The number of benzene rings is 2. The maximum absolute atomic E-state index is 13.6. The average molecular weight is 396 g/mol. The summed E-state index contributed by atoms with van der Waals surface area (Å²) in [6, 6.07) is 11.1. The van der Waals surface area contributed by atoms with Crippen LogP contribution in [0.2, 0.25) is 0 Å². The average Bonchev–Trinajstić information content (AvgIpc) is 3.02. The number of rotatable bonds is 5. The van der Waals surface area contributed by atoms with Gasteiger partial charge in [0.25, 0.3) is 5.91 Å². The third-order valence-electron chi connectivity index (χ3n) is 3.43. The van der Waals surface area contributed by atoms with E-state index in [4.69, 9.17) is 0 Å². The van der Waals surface area contributed by atoms with Gasteiger partial charge in [0.1, 0.15) is 11.6 Å². The lowest BCUT2D eigenvalue weighted by atomic mass is 10.1. The summed E-state index contributed by atoms with van der Waals surface area (Å²) in [6.07, 6.45) is -2.77. The minimum atomic E-state index is -4.73. The second kappa shape index (κ2) is 7.75. The summed E-state index contributed by atoms with van der Waals surface area (Å²) in [5.41, 5.74) is 0.662. The maximum Gasteiger partial charge on any atom is 0.573 e. The zero-order chi connectivity index (χ0) is 19.4. The van der Waals surface area contributed by atoms with Crippen molar-refractivity contribution in [3.63, 3.8) is 0 Å². The van der Waals surface area contributed by atoms with Crippen molar-refractivity contribution < 1.29 is 27.1 Å². The van der Waals surface area contributed by atoms with Gasteiger partial charge in [-0.15, -0.1) is 24.5 Å². The molecule has 0 radical (unpaired) electrons. The van der Waals surface area contributed by atoms with E-state index in [1.807, 2.05) is 0 Å². The van der Waals surface area contributed by atoms with Crippen molar-refractivity contribution >= 4 is 22.4 Å². The molecule has 0 aliphatic carbocycles. The van der Waals surface area contributed by atoms with E-state index in [2.05, 4.69) is 15.0 Å². The van der Waals surface area contributed by atoms with Crippen LogP contribution in [0.15, 0.2) is 54.7 Å². The van der Waals surface area contributed by atoms with Gasteiger partial charge in [-0.3, -0.25) is 10.1 Å². The Kier molecular flexibility index (Phi) is 5.41. The molecule has 140 valence electrons. The molecule has 0 aliphatic heterocycles. The van der Waals surface area contributed by atoms with Gasteiger partial charge in [0.15, 0.2) is 5.13 Å². The second-order valence-corrected chi connectivity index (χ2v) is 6.55. The molecular weight excluding hydrogens is 384 g/mol. The van der Waals surface area contributed by atoms with Crippen LogP contribution in [0.25, 0.3) is 0 Å². The smallest absolute Gasteiger partial charge is 0.406 e. The van der Waals surface area contributed by atoms with Crippen molar-refractivity contribution in [3.05, 3.63) is 76.5 Å². The van der Waals surface area contributed by atoms with Gasteiger partial charge >= 0.3 is 6.36 Å². The van der Waals surface area contributed by atoms with Gasteiger partial charge < -0.3 is 4.74 Å². The summed E-state index contributed by atoms with van der Waals surface area (Å²) in [5.74, 6) is -1.54. The standard InChI is InChI=1S/C18H12F4N2O2S/c19-15-4-2-1-3-14(15)16(25)24-17-23-10-13(27-17)9-11-5-7-12(8-6-11)26-18(20,21)22/h1-8,10H,9H2,(H,23,24,25). The molecule has 0 saturated heterocycles. The van der Waals surface area contributed by atoms with Gasteiger partial charge in [0.05, 0.1) is 5.56 Å². The predicted octanol–water partition coefficient (Wildman–Crippen LogP) is 5.02. The Hall–Kier alpha value is -2.94. The number of ether oxygens (including phenoxy) is 1. The number of hydrogen-bond donors (Lipinski definition) is 1. The van der Waals surface area contributed by atoms with E-state index in [1.54, 1.807) is 12.3 Å². The van der Waals surface area contributed by atoms with Gasteiger partial charge in [-0.25, -0.2) is 9.37 Å². The fourth-order valence-corrected chi connectivity index (χ4v) is 3.11. The lowest BCUT2D eigenvalue weighted by molar-refractivity contribution is -0.274. The summed E-state index contributed by atoms with van der Waals surface area (Å²) in [7, 11) is 0. The molecule has 0 spiro atoms. The molecule has 9 heteroatoms. The molecule has 0 atom stereocenters. The van der Waals surface area contributed by atoms with E-state index in [0.717, 1.165) is 10.4 Å².